The zero-order chi connectivity index (χ0) is 11.6. The minimum absolute atomic E-state index is 0.639. The summed E-state index contributed by atoms with van der Waals surface area (Å²) in [5.74, 6) is 0. The zero-order valence-corrected chi connectivity index (χ0v) is 10.5. The number of nitrogens with zero attached hydrogens (tertiary/aromatic N) is 1. The van der Waals surface area contributed by atoms with Crippen LogP contribution in [0.15, 0.2) is 30.3 Å². The molecule has 2 heterocycles. The molecule has 2 saturated heterocycles. The average Bonchev–Trinajstić information content (AvgIpc) is 2.74. The first kappa shape index (κ1) is 11.2. The molecule has 0 aromatic heterocycles. The third-order valence-corrected chi connectivity index (χ3v) is 4.43. The molecular formula is C15H22N2. The van der Waals surface area contributed by atoms with Gasteiger partial charge in [-0.3, -0.25) is 4.90 Å². The van der Waals surface area contributed by atoms with E-state index in [2.05, 4.69) is 40.5 Å². The lowest BCUT2D eigenvalue weighted by atomic mass is 9.78. The van der Waals surface area contributed by atoms with Crippen molar-refractivity contribution in [3.05, 3.63) is 35.9 Å². The fourth-order valence-corrected chi connectivity index (χ4v) is 3.37. The fourth-order valence-electron chi connectivity index (χ4n) is 3.37. The van der Waals surface area contributed by atoms with E-state index in [0.717, 1.165) is 6.54 Å². The molecule has 1 aromatic rings. The standard InChI is InChI=1S/C15H22N2/c1-2-4-14(5-3-1)12-17-11-8-15(13-17)6-9-16-10-7-15/h1-5,16H,6-13H2. The first-order valence-electron chi connectivity index (χ1n) is 6.83. The van der Waals surface area contributed by atoms with Gasteiger partial charge in [0.2, 0.25) is 0 Å². The smallest absolute Gasteiger partial charge is 0.0233 e. The Balaban J connectivity index is 1.60. The number of rotatable bonds is 2. The van der Waals surface area contributed by atoms with Crippen LogP contribution in [0.1, 0.15) is 24.8 Å². The van der Waals surface area contributed by atoms with Crippen molar-refractivity contribution < 1.29 is 0 Å². The van der Waals surface area contributed by atoms with E-state index in [1.807, 2.05) is 0 Å². The molecule has 2 heteroatoms. The van der Waals surface area contributed by atoms with Crippen molar-refractivity contribution in [1.29, 1.82) is 0 Å². The van der Waals surface area contributed by atoms with Crippen molar-refractivity contribution in [1.82, 2.24) is 10.2 Å². The molecule has 92 valence electrons. The molecule has 2 nitrogen and oxygen atoms in total. The van der Waals surface area contributed by atoms with Crippen molar-refractivity contribution in [2.75, 3.05) is 26.2 Å². The Morgan fingerprint density at radius 2 is 1.82 bits per heavy atom. The summed E-state index contributed by atoms with van der Waals surface area (Å²) in [5, 5.41) is 3.48. The number of benzene rings is 1. The third-order valence-electron chi connectivity index (χ3n) is 4.43. The minimum Gasteiger partial charge on any atom is -0.317 e. The number of hydrogen-bond acceptors (Lipinski definition) is 2. The lowest BCUT2D eigenvalue weighted by molar-refractivity contribution is 0.194. The quantitative estimate of drug-likeness (QED) is 0.838. The Bertz CT molecular complexity index is 354. The maximum Gasteiger partial charge on any atom is 0.0233 e. The average molecular weight is 230 g/mol. The van der Waals surface area contributed by atoms with Crippen molar-refractivity contribution in [2.24, 2.45) is 5.41 Å². The highest BCUT2D eigenvalue weighted by Crippen LogP contribution is 2.38. The second-order valence-corrected chi connectivity index (χ2v) is 5.70. The van der Waals surface area contributed by atoms with Crippen LogP contribution in [0.2, 0.25) is 0 Å². The second-order valence-electron chi connectivity index (χ2n) is 5.70. The van der Waals surface area contributed by atoms with Gasteiger partial charge < -0.3 is 5.32 Å². The molecule has 1 aromatic carbocycles. The molecule has 0 aliphatic carbocycles. The molecule has 0 radical (unpaired) electrons. The SMILES string of the molecule is c1ccc(CN2CCC3(CCNCC3)C2)cc1. The lowest BCUT2D eigenvalue weighted by Crippen LogP contribution is -2.38. The summed E-state index contributed by atoms with van der Waals surface area (Å²) in [6, 6.07) is 10.9. The van der Waals surface area contributed by atoms with Crippen LogP contribution in [0.4, 0.5) is 0 Å². The monoisotopic (exact) mass is 230 g/mol. The Kier molecular flexibility index (Phi) is 3.17. The predicted molar refractivity (Wildman–Crippen MR) is 70.9 cm³/mol. The predicted octanol–water partition coefficient (Wildman–Crippen LogP) is 2.26. The number of hydrogen-bond donors (Lipinski definition) is 1. The van der Waals surface area contributed by atoms with E-state index in [1.54, 1.807) is 0 Å². The molecule has 2 aliphatic rings. The summed E-state index contributed by atoms with van der Waals surface area (Å²) in [5.41, 5.74) is 2.10. The number of piperidine rings is 1. The van der Waals surface area contributed by atoms with Crippen LogP contribution in [0, 0.1) is 5.41 Å². The summed E-state index contributed by atoms with van der Waals surface area (Å²) in [6.45, 7) is 6.17. The van der Waals surface area contributed by atoms with E-state index in [1.165, 1.54) is 51.0 Å². The maximum absolute atomic E-state index is 3.48. The van der Waals surface area contributed by atoms with Crippen molar-refractivity contribution in [3.63, 3.8) is 0 Å². The molecule has 0 amide bonds. The molecule has 1 spiro atoms. The van der Waals surface area contributed by atoms with Gasteiger partial charge in [0.15, 0.2) is 0 Å². The van der Waals surface area contributed by atoms with Crippen LogP contribution < -0.4 is 5.32 Å². The molecule has 0 atom stereocenters. The van der Waals surface area contributed by atoms with Gasteiger partial charge in [-0.1, -0.05) is 30.3 Å². The number of likely N-dealkylation sites (tertiary alicyclic amines) is 1. The van der Waals surface area contributed by atoms with E-state index in [0.29, 0.717) is 5.41 Å². The molecule has 2 fully saturated rings. The Morgan fingerprint density at radius 3 is 2.59 bits per heavy atom. The molecule has 0 saturated carbocycles. The van der Waals surface area contributed by atoms with Gasteiger partial charge in [0.05, 0.1) is 0 Å². The molecule has 17 heavy (non-hydrogen) atoms. The third kappa shape index (κ3) is 2.53. The second kappa shape index (κ2) is 4.79. The summed E-state index contributed by atoms with van der Waals surface area (Å²) < 4.78 is 0. The number of nitrogens with one attached hydrogen (secondary N) is 1. The van der Waals surface area contributed by atoms with E-state index in [9.17, 15) is 0 Å². The van der Waals surface area contributed by atoms with Gasteiger partial charge in [-0.05, 0) is 49.9 Å². The Labute approximate surface area is 104 Å². The topological polar surface area (TPSA) is 15.3 Å². The van der Waals surface area contributed by atoms with Gasteiger partial charge in [0.1, 0.15) is 0 Å². The molecule has 0 unspecified atom stereocenters. The van der Waals surface area contributed by atoms with Crippen LogP contribution in [0.3, 0.4) is 0 Å². The van der Waals surface area contributed by atoms with Crippen molar-refractivity contribution in [2.45, 2.75) is 25.8 Å². The largest absolute Gasteiger partial charge is 0.317 e. The van der Waals surface area contributed by atoms with Gasteiger partial charge in [0, 0.05) is 13.1 Å². The Hall–Kier alpha value is -0.860. The highest BCUT2D eigenvalue weighted by Gasteiger charge is 2.38. The molecule has 2 aliphatic heterocycles. The maximum atomic E-state index is 3.48. The summed E-state index contributed by atoms with van der Waals surface area (Å²) >= 11 is 0. The van der Waals surface area contributed by atoms with Crippen molar-refractivity contribution in [3.8, 4) is 0 Å². The Morgan fingerprint density at radius 1 is 1.06 bits per heavy atom. The van der Waals surface area contributed by atoms with Gasteiger partial charge in [-0.25, -0.2) is 0 Å². The van der Waals surface area contributed by atoms with E-state index in [-0.39, 0.29) is 0 Å². The van der Waals surface area contributed by atoms with E-state index in [4.69, 9.17) is 0 Å². The fraction of sp³-hybridized carbons (Fsp3) is 0.600. The van der Waals surface area contributed by atoms with Gasteiger partial charge in [-0.2, -0.15) is 0 Å². The summed E-state index contributed by atoms with van der Waals surface area (Å²) in [7, 11) is 0. The zero-order valence-electron chi connectivity index (χ0n) is 10.5. The van der Waals surface area contributed by atoms with Crippen molar-refractivity contribution >= 4 is 0 Å². The molecule has 1 N–H and O–H groups in total. The first-order valence-corrected chi connectivity index (χ1v) is 6.83. The van der Waals surface area contributed by atoms with Crippen LogP contribution in [-0.2, 0) is 6.54 Å². The minimum atomic E-state index is 0.639. The van der Waals surface area contributed by atoms with Crippen LogP contribution in [0.25, 0.3) is 0 Å². The van der Waals surface area contributed by atoms with Gasteiger partial charge in [0.25, 0.3) is 0 Å². The first-order chi connectivity index (χ1) is 8.36. The highest BCUT2D eigenvalue weighted by atomic mass is 15.2. The summed E-state index contributed by atoms with van der Waals surface area (Å²) in [6.07, 6.45) is 4.15. The molecular weight excluding hydrogens is 208 g/mol. The molecule has 0 bridgehead atoms. The van der Waals surface area contributed by atoms with E-state index >= 15 is 0 Å². The van der Waals surface area contributed by atoms with Crippen LogP contribution in [-0.4, -0.2) is 31.1 Å². The summed E-state index contributed by atoms with van der Waals surface area (Å²) in [4.78, 5) is 2.64. The van der Waals surface area contributed by atoms with Gasteiger partial charge >= 0.3 is 0 Å². The van der Waals surface area contributed by atoms with E-state index < -0.39 is 0 Å². The molecule has 3 rings (SSSR count). The lowest BCUT2D eigenvalue weighted by Gasteiger charge is -2.33. The van der Waals surface area contributed by atoms with Gasteiger partial charge in [-0.15, -0.1) is 0 Å². The normalized spacial score (nSPS) is 24.2. The van der Waals surface area contributed by atoms with Crippen LogP contribution in [0.5, 0.6) is 0 Å². The van der Waals surface area contributed by atoms with Crippen LogP contribution >= 0.6 is 0 Å². The highest BCUT2D eigenvalue weighted by molar-refractivity contribution is 5.14.